The Hall–Kier alpha value is -2.75. The molecule has 3 aliphatic rings. The Kier molecular flexibility index (Phi) is 5.72. The summed E-state index contributed by atoms with van der Waals surface area (Å²) in [6, 6.07) is 2.49. The van der Waals surface area contributed by atoms with Crippen molar-refractivity contribution in [2.75, 3.05) is 19.6 Å². The number of carbonyl (C=O) groups excluding carboxylic acids is 1. The Morgan fingerprint density at radius 1 is 1.12 bits per heavy atom. The molecule has 1 aromatic carbocycles. The van der Waals surface area contributed by atoms with Gasteiger partial charge in [-0.25, -0.2) is 9.37 Å². The first kappa shape index (κ1) is 22.1. The lowest BCUT2D eigenvalue weighted by atomic mass is 10.1. The Bertz CT molecular complexity index is 1030. The minimum Gasteiger partial charge on any atom is -0.472 e. The van der Waals surface area contributed by atoms with Gasteiger partial charge in [-0.3, -0.25) is 14.7 Å². The largest absolute Gasteiger partial charge is 0.472 e. The zero-order valence-corrected chi connectivity index (χ0v) is 17.9. The molecule has 33 heavy (non-hydrogen) atoms. The summed E-state index contributed by atoms with van der Waals surface area (Å²) in [6.45, 7) is 1.71. The summed E-state index contributed by atoms with van der Waals surface area (Å²) in [7, 11) is 0. The van der Waals surface area contributed by atoms with E-state index in [-0.39, 0.29) is 24.1 Å². The molecule has 0 bridgehead atoms. The zero-order valence-electron chi connectivity index (χ0n) is 17.9. The van der Waals surface area contributed by atoms with E-state index in [1.807, 2.05) is 0 Å². The third-order valence-corrected chi connectivity index (χ3v) is 6.48. The fourth-order valence-electron chi connectivity index (χ4n) is 4.65. The number of halogens is 4. The smallest absolute Gasteiger partial charge is 0.419 e. The van der Waals surface area contributed by atoms with Gasteiger partial charge in [0.2, 0.25) is 11.8 Å². The normalized spacial score (nSPS) is 24.0. The highest BCUT2D eigenvalue weighted by Crippen LogP contribution is 2.38. The molecule has 6 nitrogen and oxygen atoms in total. The van der Waals surface area contributed by atoms with Crippen molar-refractivity contribution in [2.45, 2.75) is 56.5 Å². The monoisotopic (exact) mass is 464 g/mol. The van der Waals surface area contributed by atoms with Crippen molar-refractivity contribution >= 4 is 5.91 Å². The van der Waals surface area contributed by atoms with E-state index in [0.29, 0.717) is 44.3 Å². The molecule has 0 N–H and O–H groups in total. The van der Waals surface area contributed by atoms with Crippen molar-refractivity contribution in [3.63, 3.8) is 0 Å². The van der Waals surface area contributed by atoms with Gasteiger partial charge in [-0.15, -0.1) is 0 Å². The van der Waals surface area contributed by atoms with Crippen LogP contribution in [0.5, 0.6) is 5.88 Å². The maximum absolute atomic E-state index is 13.6. The lowest BCUT2D eigenvalue weighted by Gasteiger charge is -2.25. The molecular weight excluding hydrogens is 440 g/mol. The van der Waals surface area contributed by atoms with Gasteiger partial charge in [0.05, 0.1) is 29.7 Å². The third-order valence-electron chi connectivity index (χ3n) is 6.48. The number of amides is 1. The number of hydrogen-bond acceptors (Lipinski definition) is 5. The molecule has 0 unspecified atom stereocenters. The van der Waals surface area contributed by atoms with E-state index in [9.17, 15) is 22.4 Å². The molecule has 0 spiro atoms. The second kappa shape index (κ2) is 8.55. The number of hydrogen-bond donors (Lipinski definition) is 0. The lowest BCUT2D eigenvalue weighted by Crippen LogP contribution is -2.42. The summed E-state index contributed by atoms with van der Waals surface area (Å²) in [4.78, 5) is 25.6. The number of carbonyl (C=O) groups is 1. The van der Waals surface area contributed by atoms with Crippen LogP contribution in [0.4, 0.5) is 17.6 Å². The number of aromatic nitrogens is 2. The molecule has 1 amide bonds. The molecule has 3 fully saturated rings. The van der Waals surface area contributed by atoms with Crippen molar-refractivity contribution < 1.29 is 27.1 Å². The lowest BCUT2D eigenvalue weighted by molar-refractivity contribution is -0.140. The van der Waals surface area contributed by atoms with E-state index in [2.05, 4.69) is 14.9 Å². The van der Waals surface area contributed by atoms with Crippen molar-refractivity contribution in [3.05, 3.63) is 53.2 Å². The Morgan fingerprint density at radius 3 is 2.64 bits per heavy atom. The van der Waals surface area contributed by atoms with Crippen LogP contribution >= 0.6 is 0 Å². The molecule has 1 saturated carbocycles. The van der Waals surface area contributed by atoms with Crippen LogP contribution in [0.2, 0.25) is 0 Å². The van der Waals surface area contributed by atoms with Gasteiger partial charge in [-0.1, -0.05) is 6.07 Å². The van der Waals surface area contributed by atoms with E-state index in [1.54, 1.807) is 17.3 Å². The summed E-state index contributed by atoms with van der Waals surface area (Å²) < 4.78 is 58.8. The summed E-state index contributed by atoms with van der Waals surface area (Å²) >= 11 is 0. The Labute approximate surface area is 188 Å². The molecule has 1 aliphatic carbocycles. The minimum atomic E-state index is -4.78. The van der Waals surface area contributed by atoms with Gasteiger partial charge in [0, 0.05) is 38.5 Å². The SMILES string of the molecule is O=C1[C@@H]2C[C@@H](Oc3cnc(C4CC4)cn3)CN2CCCN1Cc1ccc(F)c(C(F)(F)F)c1. The molecule has 2 atom stereocenters. The molecule has 2 aliphatic heterocycles. The first-order chi connectivity index (χ1) is 15.8. The molecule has 176 valence electrons. The highest BCUT2D eigenvalue weighted by molar-refractivity contribution is 5.82. The molecule has 10 heteroatoms. The maximum Gasteiger partial charge on any atom is 0.419 e. The predicted molar refractivity (Wildman–Crippen MR) is 110 cm³/mol. The van der Waals surface area contributed by atoms with E-state index >= 15 is 0 Å². The first-order valence-electron chi connectivity index (χ1n) is 11.1. The van der Waals surface area contributed by atoms with Gasteiger partial charge in [-0.2, -0.15) is 13.2 Å². The quantitative estimate of drug-likeness (QED) is 0.631. The van der Waals surface area contributed by atoms with Crippen LogP contribution in [0.15, 0.2) is 30.6 Å². The van der Waals surface area contributed by atoms with Crippen LogP contribution in [0.3, 0.4) is 0 Å². The predicted octanol–water partition coefficient (Wildman–Crippen LogP) is 3.77. The topological polar surface area (TPSA) is 58.6 Å². The summed E-state index contributed by atoms with van der Waals surface area (Å²) in [6.07, 6.45) is 1.81. The van der Waals surface area contributed by atoms with Crippen LogP contribution in [0.25, 0.3) is 0 Å². The van der Waals surface area contributed by atoms with Crippen LogP contribution in [-0.4, -0.2) is 57.5 Å². The van der Waals surface area contributed by atoms with E-state index in [4.69, 9.17) is 4.74 Å². The molecule has 2 saturated heterocycles. The Morgan fingerprint density at radius 2 is 1.94 bits per heavy atom. The number of rotatable bonds is 5. The molecule has 0 radical (unpaired) electrons. The highest BCUT2D eigenvalue weighted by Gasteiger charge is 2.42. The molecule has 2 aromatic rings. The number of alkyl halides is 3. The van der Waals surface area contributed by atoms with Gasteiger partial charge < -0.3 is 9.64 Å². The number of ether oxygens (including phenoxy) is 1. The van der Waals surface area contributed by atoms with Gasteiger partial charge >= 0.3 is 6.18 Å². The van der Waals surface area contributed by atoms with Gasteiger partial charge in [0.25, 0.3) is 0 Å². The van der Waals surface area contributed by atoms with Crippen molar-refractivity contribution in [1.29, 1.82) is 0 Å². The number of benzene rings is 1. The minimum absolute atomic E-state index is 0.00611. The maximum atomic E-state index is 13.6. The average Bonchev–Trinajstić information content (AvgIpc) is 3.56. The standard InChI is InChI=1S/C23H24F4N4O2/c24-18-5-2-14(8-17(18)23(25,26)27)12-31-7-1-6-30-13-16(9-20(30)22(31)32)33-21-11-28-19(10-29-21)15-3-4-15/h2,5,8,10-11,15-16,20H,1,3-4,6-7,9,12-13H2/t16-,20+/m1/s1. The van der Waals surface area contributed by atoms with Gasteiger partial charge in [0.1, 0.15) is 11.9 Å². The molecule has 1 aromatic heterocycles. The zero-order chi connectivity index (χ0) is 23.2. The van der Waals surface area contributed by atoms with Crippen LogP contribution in [-0.2, 0) is 17.5 Å². The third kappa shape index (κ3) is 4.80. The Balaban J connectivity index is 1.25. The van der Waals surface area contributed by atoms with Gasteiger partial charge in [0.15, 0.2) is 0 Å². The molecular formula is C23H24F4N4O2. The second-order valence-corrected chi connectivity index (χ2v) is 8.97. The van der Waals surface area contributed by atoms with Crippen LogP contribution in [0.1, 0.15) is 48.4 Å². The van der Waals surface area contributed by atoms with E-state index in [0.717, 1.165) is 30.7 Å². The first-order valence-corrected chi connectivity index (χ1v) is 11.1. The average molecular weight is 464 g/mol. The van der Waals surface area contributed by atoms with Crippen molar-refractivity contribution in [3.8, 4) is 5.88 Å². The summed E-state index contributed by atoms with van der Waals surface area (Å²) in [5.41, 5.74) is -0.0858. The van der Waals surface area contributed by atoms with Crippen molar-refractivity contribution in [2.24, 2.45) is 0 Å². The summed E-state index contributed by atoms with van der Waals surface area (Å²) in [5, 5.41) is 0. The van der Waals surface area contributed by atoms with Crippen molar-refractivity contribution in [1.82, 2.24) is 19.8 Å². The second-order valence-electron chi connectivity index (χ2n) is 8.97. The molecule has 3 heterocycles. The molecule has 5 rings (SSSR count). The van der Waals surface area contributed by atoms with Crippen LogP contribution < -0.4 is 4.74 Å². The number of fused-ring (bicyclic) bond motifs is 1. The van der Waals surface area contributed by atoms with E-state index in [1.165, 1.54) is 6.07 Å². The van der Waals surface area contributed by atoms with Gasteiger partial charge in [-0.05, 0) is 37.0 Å². The van der Waals surface area contributed by atoms with E-state index < -0.39 is 23.6 Å². The fourth-order valence-corrected chi connectivity index (χ4v) is 4.65. The highest BCUT2D eigenvalue weighted by atomic mass is 19.4. The van der Waals surface area contributed by atoms with Crippen LogP contribution in [0, 0.1) is 5.82 Å². The number of nitrogens with zero attached hydrogens (tertiary/aromatic N) is 4. The fraction of sp³-hybridized carbons (Fsp3) is 0.522. The summed E-state index contributed by atoms with van der Waals surface area (Å²) in [5.74, 6) is -0.527.